The number of aromatic nitrogens is 2. The Bertz CT molecular complexity index is 1490. The molecule has 1 saturated heterocycles. The van der Waals surface area contributed by atoms with Gasteiger partial charge in [-0.15, -0.1) is 0 Å². The van der Waals surface area contributed by atoms with Gasteiger partial charge < -0.3 is 9.80 Å². The molecule has 0 unspecified atom stereocenters. The smallest absolute Gasteiger partial charge is 0.332 e. The van der Waals surface area contributed by atoms with Crippen molar-refractivity contribution in [3.63, 3.8) is 0 Å². The fourth-order valence-electron chi connectivity index (χ4n) is 4.83. The number of nitrogens with zero attached hydrogens (tertiary/aromatic N) is 4. The summed E-state index contributed by atoms with van der Waals surface area (Å²) in [5, 5.41) is 0.623. The molecule has 0 radical (unpaired) electrons. The molecule has 2 heterocycles. The van der Waals surface area contributed by atoms with Crippen molar-refractivity contribution in [3.05, 3.63) is 108 Å². The van der Waals surface area contributed by atoms with E-state index in [-0.39, 0.29) is 17.8 Å². The molecule has 1 aliphatic heterocycles. The van der Waals surface area contributed by atoms with Gasteiger partial charge in [0, 0.05) is 29.7 Å². The maximum Gasteiger partial charge on any atom is 0.332 e. The second-order valence-corrected chi connectivity index (χ2v) is 10.6. The Morgan fingerprint density at radius 3 is 2.20 bits per heavy atom. The van der Waals surface area contributed by atoms with Crippen LogP contribution in [0.1, 0.15) is 16.7 Å². The first-order chi connectivity index (χ1) is 16.9. The molecule has 5 rings (SSSR count). The van der Waals surface area contributed by atoms with E-state index in [4.69, 9.17) is 0 Å². The zero-order valence-corrected chi connectivity index (χ0v) is 22.2. The predicted octanol–water partition coefficient (Wildman–Crippen LogP) is 3.92. The number of rotatable bonds is 5. The number of piperazine rings is 1. The molecule has 0 saturated carbocycles. The van der Waals surface area contributed by atoms with E-state index in [2.05, 4.69) is 45.5 Å². The third-order valence-electron chi connectivity index (χ3n) is 6.72. The minimum Gasteiger partial charge on any atom is -0.368 e. The fourth-order valence-corrected chi connectivity index (χ4v) is 5.42. The van der Waals surface area contributed by atoms with Gasteiger partial charge in [-0.25, -0.2) is 4.79 Å². The predicted molar refractivity (Wildman–Crippen MR) is 151 cm³/mol. The monoisotopic (exact) mass is 580 g/mol. The first-order valence-corrected chi connectivity index (χ1v) is 13.0. The van der Waals surface area contributed by atoms with Crippen molar-refractivity contribution in [2.75, 3.05) is 38.1 Å². The van der Waals surface area contributed by atoms with E-state index in [1.165, 1.54) is 4.57 Å². The lowest BCUT2D eigenvalue weighted by Gasteiger charge is -2.34. The Morgan fingerprint density at radius 1 is 0.800 bits per heavy atom. The van der Waals surface area contributed by atoms with Gasteiger partial charge in [0.05, 0.1) is 29.7 Å². The molecule has 0 bridgehead atoms. The van der Waals surface area contributed by atoms with Gasteiger partial charge in [0.15, 0.2) is 0 Å². The van der Waals surface area contributed by atoms with Crippen LogP contribution in [-0.4, -0.2) is 47.3 Å². The molecule has 0 spiro atoms. The Kier molecular flexibility index (Phi) is 6.80. The summed E-state index contributed by atoms with van der Waals surface area (Å²) in [7, 11) is 2.12. The molecule has 1 fully saturated rings. The third kappa shape index (κ3) is 4.92. The third-order valence-corrected chi connectivity index (χ3v) is 7.35. The molecule has 35 heavy (non-hydrogen) atoms. The minimum atomic E-state index is -0.279. The van der Waals surface area contributed by atoms with Crippen LogP contribution in [0, 0.1) is 10.5 Å². The lowest BCUT2D eigenvalue weighted by molar-refractivity contribution is 0.313. The summed E-state index contributed by atoms with van der Waals surface area (Å²) in [6.45, 7) is 6.25. The molecular weight excluding hydrogens is 551 g/mol. The van der Waals surface area contributed by atoms with Gasteiger partial charge in [-0.1, -0.05) is 60.2 Å². The van der Waals surface area contributed by atoms with Gasteiger partial charge in [0.1, 0.15) is 0 Å². The van der Waals surface area contributed by atoms with E-state index in [1.54, 1.807) is 4.57 Å². The molecule has 1 aliphatic rings. The number of halogens is 1. The van der Waals surface area contributed by atoms with E-state index in [0.717, 1.165) is 52.1 Å². The largest absolute Gasteiger partial charge is 0.368 e. The Hall–Kier alpha value is -2.91. The maximum absolute atomic E-state index is 14.0. The number of hydrogen-bond acceptors (Lipinski definition) is 4. The van der Waals surface area contributed by atoms with Gasteiger partial charge in [0.2, 0.25) is 0 Å². The molecule has 1 aromatic heterocycles. The van der Waals surface area contributed by atoms with E-state index < -0.39 is 0 Å². The van der Waals surface area contributed by atoms with Crippen LogP contribution in [-0.2, 0) is 13.1 Å². The molecule has 0 amide bonds. The Balaban J connectivity index is 1.76. The topological polar surface area (TPSA) is 50.5 Å². The van der Waals surface area contributed by atoms with Crippen molar-refractivity contribution >= 4 is 39.2 Å². The molecule has 6 nitrogen and oxygen atoms in total. The van der Waals surface area contributed by atoms with Crippen LogP contribution >= 0.6 is 22.6 Å². The highest BCUT2D eigenvalue weighted by Crippen LogP contribution is 2.28. The summed E-state index contributed by atoms with van der Waals surface area (Å²) >= 11 is 2.29. The average molecular weight is 580 g/mol. The number of benzene rings is 3. The fraction of sp³-hybridized carbons (Fsp3) is 0.286. The molecular formula is C28H29IN4O2. The second-order valence-electron chi connectivity index (χ2n) is 9.34. The van der Waals surface area contributed by atoms with Crippen molar-refractivity contribution in [3.8, 4) is 0 Å². The minimum absolute atomic E-state index is 0.221. The van der Waals surface area contributed by atoms with E-state index in [0.29, 0.717) is 17.4 Å². The first kappa shape index (κ1) is 23.8. The van der Waals surface area contributed by atoms with Crippen LogP contribution in [0.25, 0.3) is 10.9 Å². The number of fused-ring (bicyclic) bond motifs is 1. The van der Waals surface area contributed by atoms with Crippen molar-refractivity contribution in [1.29, 1.82) is 0 Å². The number of anilines is 1. The van der Waals surface area contributed by atoms with Gasteiger partial charge >= 0.3 is 5.69 Å². The van der Waals surface area contributed by atoms with Crippen LogP contribution in [0.15, 0.2) is 76.3 Å². The molecule has 0 aliphatic carbocycles. The van der Waals surface area contributed by atoms with Crippen LogP contribution in [0.2, 0.25) is 0 Å². The number of likely N-dealkylation sites (N-methyl/N-ethyl adjacent to an activating group) is 1. The van der Waals surface area contributed by atoms with Gasteiger partial charge in [-0.3, -0.25) is 13.9 Å². The second kappa shape index (κ2) is 9.99. The van der Waals surface area contributed by atoms with Crippen LogP contribution in [0.3, 0.4) is 0 Å². The summed E-state index contributed by atoms with van der Waals surface area (Å²) in [5.41, 5.74) is 4.20. The lowest BCUT2D eigenvalue weighted by atomic mass is 10.1. The molecule has 4 aromatic rings. The van der Waals surface area contributed by atoms with E-state index >= 15 is 0 Å². The highest BCUT2D eigenvalue weighted by atomic mass is 127. The first-order valence-electron chi connectivity index (χ1n) is 11.9. The van der Waals surface area contributed by atoms with Gasteiger partial charge in [-0.2, -0.15) is 0 Å². The van der Waals surface area contributed by atoms with Gasteiger partial charge in [0.25, 0.3) is 5.56 Å². The van der Waals surface area contributed by atoms with E-state index in [1.807, 2.05) is 67.6 Å². The standard InChI is InChI=1S/C28H29IN4O2/c1-20-7-6-10-22(15-20)19-33-27(34)26-24(31-13-11-30(2)12-14-31)16-23(29)17-25(26)32(28(33)35)18-21-8-4-3-5-9-21/h3-10,15-17H,11-14,18-19H2,1-2H3. The van der Waals surface area contributed by atoms with Crippen molar-refractivity contribution < 1.29 is 0 Å². The normalized spacial score (nSPS) is 14.5. The zero-order valence-electron chi connectivity index (χ0n) is 20.1. The molecule has 3 aromatic carbocycles. The summed E-state index contributed by atoms with van der Waals surface area (Å²) in [5.74, 6) is 0. The van der Waals surface area contributed by atoms with Crippen LogP contribution in [0.5, 0.6) is 0 Å². The summed E-state index contributed by atoms with van der Waals surface area (Å²) in [6.07, 6.45) is 0. The maximum atomic E-state index is 14.0. The quantitative estimate of drug-likeness (QED) is 0.336. The summed E-state index contributed by atoms with van der Waals surface area (Å²) in [6, 6.07) is 22.0. The van der Waals surface area contributed by atoms with Crippen LogP contribution in [0.4, 0.5) is 5.69 Å². The van der Waals surface area contributed by atoms with E-state index in [9.17, 15) is 9.59 Å². The van der Waals surface area contributed by atoms with Crippen molar-refractivity contribution in [2.45, 2.75) is 20.0 Å². The van der Waals surface area contributed by atoms with Crippen LogP contribution < -0.4 is 16.1 Å². The summed E-state index contributed by atoms with van der Waals surface area (Å²) in [4.78, 5) is 32.4. The molecule has 0 atom stereocenters. The summed E-state index contributed by atoms with van der Waals surface area (Å²) < 4.78 is 4.19. The average Bonchev–Trinajstić information content (AvgIpc) is 2.85. The highest BCUT2D eigenvalue weighted by molar-refractivity contribution is 14.1. The number of aryl methyl sites for hydroxylation is 1. The Morgan fingerprint density at radius 2 is 1.49 bits per heavy atom. The number of hydrogen-bond donors (Lipinski definition) is 0. The van der Waals surface area contributed by atoms with Crippen molar-refractivity contribution in [2.24, 2.45) is 0 Å². The zero-order chi connectivity index (χ0) is 24.5. The van der Waals surface area contributed by atoms with Gasteiger partial charge in [-0.05, 0) is 59.8 Å². The lowest BCUT2D eigenvalue weighted by Crippen LogP contribution is -2.46. The molecule has 180 valence electrons. The molecule has 7 heteroatoms. The Labute approximate surface area is 218 Å². The molecule has 0 N–H and O–H groups in total. The SMILES string of the molecule is Cc1cccc(Cn2c(=O)c3c(N4CCN(C)CC4)cc(I)cc3n(Cc3ccccc3)c2=O)c1. The highest BCUT2D eigenvalue weighted by Gasteiger charge is 2.22. The van der Waals surface area contributed by atoms with Crippen molar-refractivity contribution in [1.82, 2.24) is 14.0 Å².